The molecule has 0 rings (SSSR count). The summed E-state index contributed by atoms with van der Waals surface area (Å²) >= 11 is -5.38. The van der Waals surface area contributed by atoms with Crippen molar-refractivity contribution in [3.8, 4) is 0 Å². The molecule has 1 N–H and O–H groups in total. The van der Waals surface area contributed by atoms with Gasteiger partial charge in [-0.1, -0.05) is 0 Å². The van der Waals surface area contributed by atoms with E-state index in [-0.39, 0.29) is 25.8 Å². The Labute approximate surface area is 54.5 Å². The summed E-state index contributed by atoms with van der Waals surface area (Å²) in [7, 11) is 0. The van der Waals surface area contributed by atoms with Gasteiger partial charge < -0.3 is 0 Å². The van der Waals surface area contributed by atoms with Crippen LogP contribution in [0.15, 0.2) is 0 Å². The molecule has 0 aliphatic heterocycles. The van der Waals surface area contributed by atoms with Gasteiger partial charge in [0.15, 0.2) is 0 Å². The standard InChI is InChI=1S/In.Mn.H2O.3O.3H/h;;1H2;;;;;;/q;+1;;;;;;;/p-1. The second-order valence-electron chi connectivity index (χ2n) is 0.396. The van der Waals surface area contributed by atoms with E-state index in [0.29, 0.717) is 0 Å². The number of hydrogen-bond acceptors (Lipinski definition) is 3. The minimum atomic E-state index is -5.38. The Morgan fingerprint density at radius 3 is 1.17 bits per heavy atom. The summed E-state index contributed by atoms with van der Waals surface area (Å²) in [6.45, 7) is 0. The van der Waals surface area contributed by atoms with E-state index in [1.807, 2.05) is 0 Å². The van der Waals surface area contributed by atoms with Gasteiger partial charge in [0.05, 0.1) is 0 Å². The van der Waals surface area contributed by atoms with E-state index in [2.05, 4.69) is 0 Å². The van der Waals surface area contributed by atoms with Gasteiger partial charge in [-0.25, -0.2) is 0 Å². The van der Waals surface area contributed by atoms with Gasteiger partial charge in [0, 0.05) is 0 Å². The van der Waals surface area contributed by atoms with E-state index in [1.165, 1.54) is 0 Å². The molecule has 6 heavy (non-hydrogen) atoms. The van der Waals surface area contributed by atoms with Crippen LogP contribution in [0.25, 0.3) is 0 Å². The maximum atomic E-state index is 8.69. The molecule has 38 valence electrons. The van der Waals surface area contributed by atoms with Crippen molar-refractivity contribution >= 4 is 25.8 Å². The van der Waals surface area contributed by atoms with Crippen molar-refractivity contribution in [3.63, 3.8) is 0 Å². The summed E-state index contributed by atoms with van der Waals surface area (Å²) in [5.41, 5.74) is 0. The molecule has 0 amide bonds. The van der Waals surface area contributed by atoms with Crippen LogP contribution in [0.4, 0.5) is 0 Å². The van der Waals surface area contributed by atoms with Crippen LogP contribution >= 0.6 is 0 Å². The first-order chi connectivity index (χ1) is 2.00. The van der Waals surface area contributed by atoms with Crippen molar-refractivity contribution in [3.05, 3.63) is 0 Å². The van der Waals surface area contributed by atoms with Gasteiger partial charge in [-0.3, -0.25) is 0 Å². The second kappa shape index (κ2) is 2.85. The van der Waals surface area contributed by atoms with Crippen molar-refractivity contribution in [2.24, 2.45) is 0 Å². The Kier molecular flexibility index (Phi) is 4.69. The van der Waals surface area contributed by atoms with Gasteiger partial charge in [-0.05, 0) is 0 Å². The molecule has 0 atom stereocenters. The van der Waals surface area contributed by atoms with Crippen LogP contribution in [-0.2, 0) is 24.5 Å². The fraction of sp³-hybridized carbons (Fsp3) is 0. The SMILES string of the molecule is [InH3].[O]=[Mn](=[O])(=[O])[OH]. The molecule has 0 aliphatic rings. The molecule has 4 nitrogen and oxygen atoms in total. The molecule has 0 bridgehead atoms. The minimum absolute atomic E-state index is 0. The van der Waals surface area contributed by atoms with E-state index in [1.54, 1.807) is 0 Å². The van der Waals surface area contributed by atoms with E-state index < -0.39 is 13.0 Å². The van der Waals surface area contributed by atoms with Crippen molar-refractivity contribution in [1.82, 2.24) is 0 Å². The van der Waals surface area contributed by atoms with Crippen LogP contribution in [0.5, 0.6) is 0 Å². The summed E-state index contributed by atoms with van der Waals surface area (Å²) in [6.07, 6.45) is 0. The monoisotopic (exact) mass is 238 g/mol. The van der Waals surface area contributed by atoms with Crippen LogP contribution in [0.2, 0.25) is 0 Å². The normalized spacial score (nSPS) is 9.50. The van der Waals surface area contributed by atoms with Gasteiger partial charge in [0.1, 0.15) is 0 Å². The summed E-state index contributed by atoms with van der Waals surface area (Å²) in [6, 6.07) is 0. The Hall–Kier alpha value is 0.750. The van der Waals surface area contributed by atoms with E-state index in [9.17, 15) is 0 Å². The van der Waals surface area contributed by atoms with Gasteiger partial charge in [-0.2, -0.15) is 0 Å². The van der Waals surface area contributed by atoms with E-state index in [0.717, 1.165) is 0 Å². The number of hydrogen-bond donors (Lipinski definition) is 1. The summed E-state index contributed by atoms with van der Waals surface area (Å²) in [4.78, 5) is 0. The summed E-state index contributed by atoms with van der Waals surface area (Å²) < 4.78 is 33.1. The Bertz CT molecular complexity index is 129. The molecular formula is H4InMnO4. The van der Waals surface area contributed by atoms with E-state index >= 15 is 0 Å². The van der Waals surface area contributed by atoms with Crippen molar-refractivity contribution in [1.29, 1.82) is 0 Å². The molecule has 0 aromatic heterocycles. The third kappa shape index (κ3) is 119. The predicted molar refractivity (Wildman–Crippen MR) is 14.2 cm³/mol. The molecule has 0 aliphatic carbocycles. The zero-order chi connectivity index (χ0) is 4.50. The molecule has 0 saturated carbocycles. The average molecular weight is 238 g/mol. The first-order valence-corrected chi connectivity index (χ1v) is 2.61. The molecule has 0 radical (unpaired) electrons. The van der Waals surface area contributed by atoms with Crippen molar-refractivity contribution in [2.75, 3.05) is 0 Å². The van der Waals surface area contributed by atoms with Crippen LogP contribution in [0.3, 0.4) is 0 Å². The molecule has 6 heteroatoms. The Morgan fingerprint density at radius 1 is 1.17 bits per heavy atom. The van der Waals surface area contributed by atoms with Gasteiger partial charge in [0.25, 0.3) is 0 Å². The number of rotatable bonds is 0. The molecule has 0 unspecified atom stereocenters. The molecule has 0 heterocycles. The third-order valence-electron chi connectivity index (χ3n) is 0. The molecular weight excluding hydrogens is 234 g/mol. The van der Waals surface area contributed by atoms with Crippen LogP contribution in [0.1, 0.15) is 0 Å². The Balaban J connectivity index is 0. The van der Waals surface area contributed by atoms with Crippen LogP contribution < -0.4 is 0 Å². The van der Waals surface area contributed by atoms with Crippen molar-refractivity contribution < 1.29 is 28.7 Å². The summed E-state index contributed by atoms with van der Waals surface area (Å²) in [5, 5.41) is 0. The quantitative estimate of drug-likeness (QED) is 0.490. The predicted octanol–water partition coefficient (Wildman–Crippen LogP) is -2.10. The van der Waals surface area contributed by atoms with E-state index in [4.69, 9.17) is 15.7 Å². The van der Waals surface area contributed by atoms with Crippen molar-refractivity contribution in [2.45, 2.75) is 0 Å². The molecule has 0 saturated heterocycles. The van der Waals surface area contributed by atoms with Gasteiger partial charge in [-0.15, -0.1) is 0 Å². The molecule has 0 aromatic carbocycles. The second-order valence-corrected chi connectivity index (χ2v) is 1.63. The fourth-order valence-corrected chi connectivity index (χ4v) is 0. The molecule has 0 fully saturated rings. The van der Waals surface area contributed by atoms with Gasteiger partial charge >= 0.3 is 54.5 Å². The zero-order valence-electron chi connectivity index (χ0n) is 2.05. The first kappa shape index (κ1) is 9.89. The third-order valence-corrected chi connectivity index (χ3v) is 0. The molecule has 0 spiro atoms. The fourth-order valence-electron chi connectivity index (χ4n) is 0. The van der Waals surface area contributed by atoms with Crippen LogP contribution in [-0.4, -0.2) is 30.0 Å². The van der Waals surface area contributed by atoms with Crippen LogP contribution in [0, 0.1) is 0 Å². The summed E-state index contributed by atoms with van der Waals surface area (Å²) in [5.74, 6) is 0. The Morgan fingerprint density at radius 2 is 1.17 bits per heavy atom. The van der Waals surface area contributed by atoms with Gasteiger partial charge in [0.2, 0.25) is 0 Å². The first-order valence-electron chi connectivity index (χ1n) is 0.632. The average Bonchev–Trinajstić information content (AvgIpc) is 0.722. The zero-order valence-corrected chi connectivity index (χ0v) is 3.23. The maximum absolute atomic E-state index is 8.69. The topological polar surface area (TPSA) is 71.4 Å². The molecule has 0 aromatic rings.